The molecule has 4 bridgehead atoms. The minimum absolute atomic E-state index is 0.135. The van der Waals surface area contributed by atoms with E-state index < -0.39 is 37.9 Å². The van der Waals surface area contributed by atoms with Gasteiger partial charge in [0.25, 0.3) is 0 Å². The highest BCUT2D eigenvalue weighted by molar-refractivity contribution is 7.87. The molecule has 1 saturated heterocycles. The first-order valence-corrected chi connectivity index (χ1v) is 11.2. The fourth-order valence-corrected chi connectivity index (χ4v) is 5.94. The standard InChI is InChI=1S/C18H27FO9S/c1-15(19,29(23,24)25)14(22)28-17-4-11-2-12(5-17)18(13(3-11)6-17)26-9-16(7-20,8-21)10-27-18/h11-13,20-21H,2-10H2,1H3,(H,23,24,25). The second-order valence-corrected chi connectivity index (χ2v) is 11.1. The van der Waals surface area contributed by atoms with Crippen LogP contribution in [-0.4, -0.2) is 72.0 Å². The lowest BCUT2D eigenvalue weighted by Gasteiger charge is -2.65. The molecule has 0 amide bonds. The maximum atomic E-state index is 14.4. The lowest BCUT2D eigenvalue weighted by atomic mass is 9.51. The number of hydrogen-bond donors (Lipinski definition) is 3. The number of carbonyl (C=O) groups excluding carboxylic acids is 1. The molecule has 0 radical (unpaired) electrons. The van der Waals surface area contributed by atoms with Gasteiger partial charge in [-0.3, -0.25) is 4.55 Å². The van der Waals surface area contributed by atoms with Gasteiger partial charge in [-0.15, -0.1) is 0 Å². The Morgan fingerprint density at radius 1 is 1.14 bits per heavy atom. The molecule has 1 spiro atoms. The Labute approximate surface area is 168 Å². The molecule has 29 heavy (non-hydrogen) atoms. The molecule has 5 rings (SSSR count). The van der Waals surface area contributed by atoms with E-state index in [4.69, 9.17) is 18.8 Å². The Bertz CT molecular complexity index is 763. The van der Waals surface area contributed by atoms with E-state index >= 15 is 0 Å². The molecule has 5 fully saturated rings. The summed E-state index contributed by atoms with van der Waals surface area (Å²) < 4.78 is 63.5. The molecule has 166 valence electrons. The van der Waals surface area contributed by atoms with Crippen LogP contribution in [-0.2, 0) is 29.1 Å². The Morgan fingerprint density at radius 3 is 2.10 bits per heavy atom. The Kier molecular flexibility index (Phi) is 4.85. The first kappa shape index (κ1) is 21.4. The summed E-state index contributed by atoms with van der Waals surface area (Å²) in [5.74, 6) is -2.61. The van der Waals surface area contributed by atoms with Crippen molar-refractivity contribution in [1.82, 2.24) is 0 Å². The number of ether oxygens (including phenoxy) is 3. The summed E-state index contributed by atoms with van der Waals surface area (Å²) in [7, 11) is -5.27. The van der Waals surface area contributed by atoms with Crippen molar-refractivity contribution >= 4 is 16.1 Å². The highest BCUT2D eigenvalue weighted by atomic mass is 32.2. The Morgan fingerprint density at radius 2 is 1.66 bits per heavy atom. The van der Waals surface area contributed by atoms with Crippen molar-refractivity contribution in [2.24, 2.45) is 23.2 Å². The zero-order chi connectivity index (χ0) is 21.3. The maximum absolute atomic E-state index is 14.4. The van der Waals surface area contributed by atoms with E-state index in [1.54, 1.807) is 0 Å². The van der Waals surface area contributed by atoms with Crippen LogP contribution < -0.4 is 0 Å². The van der Waals surface area contributed by atoms with E-state index in [-0.39, 0.29) is 44.2 Å². The monoisotopic (exact) mass is 438 g/mol. The molecule has 0 aromatic heterocycles. The van der Waals surface area contributed by atoms with E-state index in [1.165, 1.54) is 0 Å². The van der Waals surface area contributed by atoms with Crippen molar-refractivity contribution in [2.75, 3.05) is 26.4 Å². The number of rotatable bonds is 5. The summed E-state index contributed by atoms with van der Waals surface area (Å²) in [5, 5.41) is 15.6. The summed E-state index contributed by atoms with van der Waals surface area (Å²) in [5.41, 5.74) is -1.89. The molecule has 1 heterocycles. The minimum Gasteiger partial charge on any atom is -0.456 e. The number of carbonyl (C=O) groups is 1. The van der Waals surface area contributed by atoms with Crippen LogP contribution in [0.15, 0.2) is 0 Å². The van der Waals surface area contributed by atoms with Crippen LogP contribution in [0.25, 0.3) is 0 Å². The molecule has 4 saturated carbocycles. The zero-order valence-corrected chi connectivity index (χ0v) is 17.0. The van der Waals surface area contributed by atoms with Crippen LogP contribution in [0.3, 0.4) is 0 Å². The minimum atomic E-state index is -5.27. The molecule has 11 heteroatoms. The second-order valence-electron chi connectivity index (χ2n) is 9.42. The van der Waals surface area contributed by atoms with E-state index in [0.29, 0.717) is 26.2 Å². The summed E-state index contributed by atoms with van der Waals surface area (Å²) in [6, 6.07) is 0. The van der Waals surface area contributed by atoms with Gasteiger partial charge in [-0.1, -0.05) is 0 Å². The summed E-state index contributed by atoms with van der Waals surface area (Å²) in [4.78, 5) is 12.3. The molecular formula is C18H27FO9S. The largest absolute Gasteiger partial charge is 0.456 e. The van der Waals surface area contributed by atoms with E-state index in [1.807, 2.05) is 0 Å². The van der Waals surface area contributed by atoms with Gasteiger partial charge < -0.3 is 24.4 Å². The van der Waals surface area contributed by atoms with Crippen LogP contribution in [0.5, 0.6) is 0 Å². The number of halogens is 1. The van der Waals surface area contributed by atoms with Crippen LogP contribution in [0, 0.1) is 23.2 Å². The van der Waals surface area contributed by atoms with Gasteiger partial charge in [0.15, 0.2) is 5.79 Å². The van der Waals surface area contributed by atoms with Crippen molar-refractivity contribution in [3.63, 3.8) is 0 Å². The highest BCUT2D eigenvalue weighted by Crippen LogP contribution is 2.63. The smallest absolute Gasteiger partial charge is 0.362 e. The summed E-state index contributed by atoms with van der Waals surface area (Å²) in [6.45, 7) is 0.197. The number of alkyl halides is 1. The fraction of sp³-hybridized carbons (Fsp3) is 0.944. The van der Waals surface area contributed by atoms with Gasteiger partial charge >= 0.3 is 21.1 Å². The fourth-order valence-electron chi connectivity index (χ4n) is 5.69. The molecule has 3 unspecified atom stereocenters. The average Bonchev–Trinajstić information content (AvgIpc) is 2.65. The van der Waals surface area contributed by atoms with E-state index in [0.717, 1.165) is 12.8 Å². The molecule has 9 nitrogen and oxygen atoms in total. The van der Waals surface area contributed by atoms with Gasteiger partial charge in [-0.25, -0.2) is 9.18 Å². The normalized spacial score (nSPS) is 39.3. The van der Waals surface area contributed by atoms with E-state index in [9.17, 15) is 27.8 Å². The third-order valence-electron chi connectivity index (χ3n) is 7.31. The molecule has 1 aliphatic heterocycles. The van der Waals surface area contributed by atoms with Crippen LogP contribution in [0.2, 0.25) is 0 Å². The van der Waals surface area contributed by atoms with Crippen molar-refractivity contribution in [3.8, 4) is 0 Å². The first-order valence-electron chi connectivity index (χ1n) is 9.80. The molecule has 3 N–H and O–H groups in total. The third kappa shape index (κ3) is 3.12. The Balaban J connectivity index is 1.54. The predicted octanol–water partition coefficient (Wildman–Crippen LogP) is 0.396. The highest BCUT2D eigenvalue weighted by Gasteiger charge is 2.67. The van der Waals surface area contributed by atoms with Gasteiger partial charge in [0.2, 0.25) is 0 Å². The first-order chi connectivity index (χ1) is 13.4. The van der Waals surface area contributed by atoms with Gasteiger partial charge in [-0.05, 0) is 44.9 Å². The number of hydrogen-bond acceptors (Lipinski definition) is 8. The van der Waals surface area contributed by atoms with Gasteiger partial charge in [0, 0.05) is 11.8 Å². The van der Waals surface area contributed by atoms with Crippen LogP contribution in [0.4, 0.5) is 4.39 Å². The quantitative estimate of drug-likeness (QED) is 0.411. The third-order valence-corrected chi connectivity index (χ3v) is 8.44. The van der Waals surface area contributed by atoms with Gasteiger partial charge in [-0.2, -0.15) is 8.42 Å². The predicted molar refractivity (Wildman–Crippen MR) is 94.7 cm³/mol. The molecular weight excluding hydrogens is 411 g/mol. The lowest BCUT2D eigenvalue weighted by Crippen LogP contribution is -2.69. The van der Waals surface area contributed by atoms with Crippen LogP contribution >= 0.6 is 0 Å². The van der Waals surface area contributed by atoms with Crippen molar-refractivity contribution in [3.05, 3.63) is 0 Å². The molecule has 3 atom stereocenters. The maximum Gasteiger partial charge on any atom is 0.362 e. The summed E-state index contributed by atoms with van der Waals surface area (Å²) >= 11 is 0. The molecule has 5 aliphatic rings. The number of esters is 1. The van der Waals surface area contributed by atoms with E-state index in [2.05, 4.69) is 0 Å². The summed E-state index contributed by atoms with van der Waals surface area (Å²) in [6.07, 6.45) is 2.70. The average molecular weight is 438 g/mol. The van der Waals surface area contributed by atoms with Gasteiger partial charge in [0.1, 0.15) is 5.60 Å². The van der Waals surface area contributed by atoms with Crippen LogP contribution in [0.1, 0.15) is 39.0 Å². The number of aliphatic hydroxyl groups is 2. The lowest BCUT2D eigenvalue weighted by molar-refractivity contribution is -0.396. The Hall–Kier alpha value is -0.850. The van der Waals surface area contributed by atoms with Crippen molar-refractivity contribution in [2.45, 2.75) is 55.4 Å². The second kappa shape index (κ2) is 6.57. The zero-order valence-electron chi connectivity index (χ0n) is 16.2. The van der Waals surface area contributed by atoms with Gasteiger partial charge in [0.05, 0.1) is 31.8 Å². The topological polar surface area (TPSA) is 140 Å². The molecule has 0 aromatic carbocycles. The molecule has 0 aromatic rings. The van der Waals surface area contributed by atoms with Crippen molar-refractivity contribution < 1.29 is 46.6 Å². The number of aliphatic hydroxyl groups excluding tert-OH is 2. The SMILES string of the molecule is CC(F)(C(=O)OC12CC3CC(C1)C1(OCC(CO)(CO)CO1)C(C3)C2)S(=O)(=O)O. The van der Waals surface area contributed by atoms with Crippen molar-refractivity contribution in [1.29, 1.82) is 0 Å². The molecule has 4 aliphatic carbocycles.